The average Bonchev–Trinajstić information content (AvgIpc) is 2.26. The van der Waals surface area contributed by atoms with E-state index in [1.54, 1.807) is 0 Å². The maximum absolute atomic E-state index is 5.79. The van der Waals surface area contributed by atoms with Crippen LogP contribution in [0.2, 0.25) is 0 Å². The van der Waals surface area contributed by atoms with Crippen molar-refractivity contribution in [3.8, 4) is 0 Å². The van der Waals surface area contributed by atoms with Gasteiger partial charge in [0.15, 0.2) is 0 Å². The molecule has 0 aliphatic carbocycles. The molecule has 0 spiro atoms. The van der Waals surface area contributed by atoms with Crippen molar-refractivity contribution in [1.82, 2.24) is 5.32 Å². The monoisotopic (exact) mass is 226 g/mol. The summed E-state index contributed by atoms with van der Waals surface area (Å²) in [7, 11) is 0. The Hall–Kier alpha value is -1.96. The zero-order chi connectivity index (χ0) is 12.4. The molecule has 0 bridgehead atoms. The highest BCUT2D eigenvalue weighted by atomic mass is 14.9. The molecule has 0 aliphatic heterocycles. The van der Waals surface area contributed by atoms with Crippen LogP contribution in [0.25, 0.3) is 16.5 Å². The number of hydrogen-bond donors (Lipinski definition) is 2. The van der Waals surface area contributed by atoms with E-state index in [0.29, 0.717) is 6.04 Å². The molecule has 0 aromatic heterocycles. The molecule has 0 saturated heterocycles. The Balaban J connectivity index is 2.51. The van der Waals surface area contributed by atoms with Crippen molar-refractivity contribution in [1.29, 1.82) is 0 Å². The first-order chi connectivity index (χ1) is 8.08. The first-order valence-electron chi connectivity index (χ1n) is 5.82. The van der Waals surface area contributed by atoms with Crippen molar-refractivity contribution in [3.63, 3.8) is 0 Å². The van der Waals surface area contributed by atoms with Gasteiger partial charge in [0.1, 0.15) is 0 Å². The van der Waals surface area contributed by atoms with E-state index in [9.17, 15) is 0 Å². The predicted molar refractivity (Wildman–Crippen MR) is 75.7 cm³/mol. The summed E-state index contributed by atoms with van der Waals surface area (Å²) < 4.78 is 0. The van der Waals surface area contributed by atoms with Gasteiger partial charge in [-0.2, -0.15) is 0 Å². The summed E-state index contributed by atoms with van der Waals surface area (Å²) in [5.41, 5.74) is 8.67. The number of anilines is 1. The van der Waals surface area contributed by atoms with Crippen LogP contribution in [0.5, 0.6) is 0 Å². The number of nitrogen functional groups attached to an aromatic ring is 1. The van der Waals surface area contributed by atoms with Crippen LogP contribution in [0.3, 0.4) is 0 Å². The van der Waals surface area contributed by atoms with Crippen molar-refractivity contribution < 1.29 is 0 Å². The van der Waals surface area contributed by atoms with E-state index >= 15 is 0 Å². The van der Waals surface area contributed by atoms with Crippen LogP contribution >= 0.6 is 0 Å². The van der Waals surface area contributed by atoms with E-state index in [1.807, 2.05) is 24.3 Å². The van der Waals surface area contributed by atoms with Crippen LogP contribution in [0.15, 0.2) is 43.0 Å². The number of nitrogens with one attached hydrogen (secondary N) is 1. The quantitative estimate of drug-likeness (QED) is 0.787. The largest absolute Gasteiger partial charge is 0.399 e. The van der Waals surface area contributed by atoms with Crippen molar-refractivity contribution in [2.24, 2.45) is 0 Å². The second-order valence-electron chi connectivity index (χ2n) is 4.56. The second kappa shape index (κ2) is 4.50. The van der Waals surface area contributed by atoms with Gasteiger partial charge in [0, 0.05) is 23.0 Å². The fourth-order valence-electron chi connectivity index (χ4n) is 1.99. The zero-order valence-electron chi connectivity index (χ0n) is 10.3. The number of nitrogens with two attached hydrogens (primary N) is 1. The number of rotatable bonds is 3. The van der Waals surface area contributed by atoms with Gasteiger partial charge in [0.25, 0.3) is 0 Å². The molecule has 0 heterocycles. The van der Waals surface area contributed by atoms with Gasteiger partial charge >= 0.3 is 0 Å². The maximum Gasteiger partial charge on any atom is 0.0349 e. The molecule has 2 heteroatoms. The van der Waals surface area contributed by atoms with Gasteiger partial charge in [-0.15, -0.1) is 0 Å². The molecule has 2 nitrogen and oxygen atoms in total. The predicted octanol–water partition coefficient (Wildman–Crippen LogP) is 3.39. The SMILES string of the molecule is C=C(NC(C)C)c1cccc2cc(N)ccc12. The van der Waals surface area contributed by atoms with Crippen LogP contribution < -0.4 is 11.1 Å². The minimum absolute atomic E-state index is 0.381. The third-order valence-corrected chi connectivity index (χ3v) is 2.69. The van der Waals surface area contributed by atoms with Crippen LogP contribution in [0, 0.1) is 0 Å². The molecule has 0 aliphatic rings. The van der Waals surface area contributed by atoms with E-state index < -0.39 is 0 Å². The minimum Gasteiger partial charge on any atom is -0.399 e. The van der Waals surface area contributed by atoms with Gasteiger partial charge in [-0.25, -0.2) is 0 Å². The molecule has 2 aromatic rings. The number of fused-ring (bicyclic) bond motifs is 1. The molecule has 2 rings (SSSR count). The molecule has 0 atom stereocenters. The minimum atomic E-state index is 0.381. The molecule has 0 radical (unpaired) electrons. The second-order valence-corrected chi connectivity index (χ2v) is 4.56. The molecule has 17 heavy (non-hydrogen) atoms. The average molecular weight is 226 g/mol. The first-order valence-corrected chi connectivity index (χ1v) is 5.82. The van der Waals surface area contributed by atoms with E-state index in [2.05, 4.69) is 37.9 Å². The molecule has 88 valence electrons. The smallest absolute Gasteiger partial charge is 0.0349 e. The Labute approximate surface area is 102 Å². The van der Waals surface area contributed by atoms with Gasteiger partial charge < -0.3 is 11.1 Å². The summed E-state index contributed by atoms with van der Waals surface area (Å²) in [6, 6.07) is 12.5. The highest BCUT2D eigenvalue weighted by Crippen LogP contribution is 2.25. The van der Waals surface area contributed by atoms with E-state index in [4.69, 9.17) is 5.73 Å². The summed E-state index contributed by atoms with van der Waals surface area (Å²) in [5, 5.41) is 5.67. The summed E-state index contributed by atoms with van der Waals surface area (Å²) in [4.78, 5) is 0. The summed E-state index contributed by atoms with van der Waals surface area (Å²) in [6.07, 6.45) is 0. The lowest BCUT2D eigenvalue weighted by Gasteiger charge is -2.15. The molecule has 0 fully saturated rings. The Morgan fingerprint density at radius 2 is 2.00 bits per heavy atom. The molecular formula is C15H18N2. The first kappa shape index (κ1) is 11.5. The standard InChI is InChI=1S/C15H18N2/c1-10(2)17-11(3)14-6-4-5-12-9-13(16)7-8-15(12)14/h4-10,17H,3,16H2,1-2H3. The molecular weight excluding hydrogens is 208 g/mol. The fraction of sp³-hybridized carbons (Fsp3) is 0.200. The molecule has 0 saturated carbocycles. The Kier molecular flexibility index (Phi) is 3.05. The van der Waals surface area contributed by atoms with Gasteiger partial charge in [0.2, 0.25) is 0 Å². The Morgan fingerprint density at radius 1 is 1.24 bits per heavy atom. The molecule has 3 N–H and O–H groups in total. The van der Waals surface area contributed by atoms with Gasteiger partial charge in [-0.3, -0.25) is 0 Å². The lowest BCUT2D eigenvalue weighted by molar-refractivity contribution is 0.719. The third-order valence-electron chi connectivity index (χ3n) is 2.69. The zero-order valence-corrected chi connectivity index (χ0v) is 10.3. The maximum atomic E-state index is 5.79. The van der Waals surface area contributed by atoms with Crippen LogP contribution in [0.4, 0.5) is 5.69 Å². The normalized spacial score (nSPS) is 10.8. The fourth-order valence-corrected chi connectivity index (χ4v) is 1.99. The molecule has 2 aromatic carbocycles. The van der Waals surface area contributed by atoms with Crippen LogP contribution in [-0.2, 0) is 0 Å². The van der Waals surface area contributed by atoms with Crippen molar-refractivity contribution in [3.05, 3.63) is 48.5 Å². The van der Waals surface area contributed by atoms with Gasteiger partial charge in [-0.05, 0) is 36.8 Å². The van der Waals surface area contributed by atoms with E-state index in [0.717, 1.165) is 22.3 Å². The summed E-state index contributed by atoms with van der Waals surface area (Å²) in [6.45, 7) is 8.31. The highest BCUT2D eigenvalue weighted by Gasteiger charge is 2.05. The lowest BCUT2D eigenvalue weighted by atomic mass is 10.0. The van der Waals surface area contributed by atoms with Crippen LogP contribution in [-0.4, -0.2) is 6.04 Å². The van der Waals surface area contributed by atoms with Crippen molar-refractivity contribution in [2.45, 2.75) is 19.9 Å². The third kappa shape index (κ3) is 2.41. The summed E-state index contributed by atoms with van der Waals surface area (Å²) in [5.74, 6) is 0. The van der Waals surface area contributed by atoms with Crippen molar-refractivity contribution >= 4 is 22.2 Å². The molecule has 0 unspecified atom stereocenters. The summed E-state index contributed by atoms with van der Waals surface area (Å²) >= 11 is 0. The number of benzene rings is 2. The topological polar surface area (TPSA) is 38.0 Å². The van der Waals surface area contributed by atoms with E-state index in [1.165, 1.54) is 5.39 Å². The van der Waals surface area contributed by atoms with Crippen LogP contribution in [0.1, 0.15) is 19.4 Å². The Bertz CT molecular complexity index is 556. The molecule has 0 amide bonds. The van der Waals surface area contributed by atoms with Gasteiger partial charge in [-0.1, -0.05) is 30.8 Å². The van der Waals surface area contributed by atoms with E-state index in [-0.39, 0.29) is 0 Å². The Morgan fingerprint density at radius 3 is 2.71 bits per heavy atom. The van der Waals surface area contributed by atoms with Gasteiger partial charge in [0.05, 0.1) is 0 Å². The lowest BCUT2D eigenvalue weighted by Crippen LogP contribution is -2.20. The highest BCUT2D eigenvalue weighted by molar-refractivity contribution is 5.94. The van der Waals surface area contributed by atoms with Crippen molar-refractivity contribution in [2.75, 3.05) is 5.73 Å². The number of hydrogen-bond acceptors (Lipinski definition) is 2.